The topological polar surface area (TPSA) is 101 Å². The molecule has 0 aliphatic carbocycles. The molecule has 0 radical (unpaired) electrons. The maximum Gasteiger partial charge on any atom is 0.273 e. The van der Waals surface area contributed by atoms with Crippen LogP contribution in [0.5, 0.6) is 0 Å². The highest BCUT2D eigenvalue weighted by molar-refractivity contribution is 7.92. The summed E-state index contributed by atoms with van der Waals surface area (Å²) in [7, 11) is -3.69. The van der Waals surface area contributed by atoms with Gasteiger partial charge in [0, 0.05) is 18.2 Å². The Morgan fingerprint density at radius 3 is 2.65 bits per heavy atom. The Bertz CT molecular complexity index is 1270. The van der Waals surface area contributed by atoms with Gasteiger partial charge in [0.05, 0.1) is 16.5 Å². The molecule has 180 valence electrons. The predicted molar refractivity (Wildman–Crippen MR) is 122 cm³/mol. The first kappa shape index (κ1) is 24.0. The molecule has 1 saturated heterocycles. The van der Waals surface area contributed by atoms with E-state index >= 15 is 4.39 Å². The zero-order chi connectivity index (χ0) is 24.5. The second-order valence-electron chi connectivity index (χ2n) is 8.46. The summed E-state index contributed by atoms with van der Waals surface area (Å²) in [4.78, 5) is 15.9. The quantitative estimate of drug-likeness (QED) is 0.550. The maximum absolute atomic E-state index is 15.0. The zero-order valence-electron chi connectivity index (χ0n) is 18.7. The van der Waals surface area contributed by atoms with E-state index in [4.69, 9.17) is 4.42 Å². The van der Waals surface area contributed by atoms with E-state index < -0.39 is 50.0 Å². The van der Waals surface area contributed by atoms with Crippen LogP contribution in [0.1, 0.15) is 52.3 Å². The fraction of sp³-hybridized carbons (Fsp3) is 0.333. The molecule has 2 N–H and O–H groups in total. The van der Waals surface area contributed by atoms with Gasteiger partial charge in [0.15, 0.2) is 21.9 Å². The molecule has 2 heterocycles. The number of halogens is 2. The van der Waals surface area contributed by atoms with Crippen molar-refractivity contribution in [3.05, 3.63) is 89.1 Å². The molecule has 1 aliphatic heterocycles. The minimum absolute atomic E-state index is 0.0151. The van der Waals surface area contributed by atoms with Gasteiger partial charge in [-0.15, -0.1) is 0 Å². The first-order chi connectivity index (χ1) is 16.2. The van der Waals surface area contributed by atoms with E-state index in [1.165, 1.54) is 6.92 Å². The Morgan fingerprint density at radius 2 is 1.97 bits per heavy atom. The van der Waals surface area contributed by atoms with Gasteiger partial charge in [-0.3, -0.25) is 4.79 Å². The van der Waals surface area contributed by atoms with Crippen LogP contribution in [-0.2, 0) is 16.3 Å². The Balaban J connectivity index is 1.56. The van der Waals surface area contributed by atoms with Crippen LogP contribution in [0.3, 0.4) is 0 Å². The number of carbonyl (C=O) groups is 1. The Kier molecular flexibility index (Phi) is 6.81. The Hall–Kier alpha value is -3.11. The molecule has 1 fully saturated rings. The van der Waals surface area contributed by atoms with Crippen molar-refractivity contribution >= 4 is 15.7 Å². The van der Waals surface area contributed by atoms with Crippen LogP contribution >= 0.6 is 0 Å². The molecule has 10 heteroatoms. The molecule has 4 atom stereocenters. The van der Waals surface area contributed by atoms with Crippen LogP contribution in [0.2, 0.25) is 0 Å². The number of amides is 1. The van der Waals surface area contributed by atoms with Gasteiger partial charge in [-0.25, -0.2) is 22.2 Å². The van der Waals surface area contributed by atoms with Crippen LogP contribution in [0.15, 0.2) is 59.5 Å². The first-order valence-corrected chi connectivity index (χ1v) is 12.5. The Labute approximate surface area is 196 Å². The van der Waals surface area contributed by atoms with Crippen molar-refractivity contribution in [2.45, 2.75) is 42.9 Å². The van der Waals surface area contributed by atoms with E-state index in [2.05, 4.69) is 15.6 Å². The number of nitrogens with zero attached hydrogens (tertiary/aromatic N) is 1. The van der Waals surface area contributed by atoms with E-state index in [0.717, 1.165) is 24.8 Å². The van der Waals surface area contributed by atoms with Gasteiger partial charge < -0.3 is 15.1 Å². The second-order valence-corrected chi connectivity index (χ2v) is 10.8. The van der Waals surface area contributed by atoms with Crippen LogP contribution in [-0.4, -0.2) is 37.1 Å². The minimum atomic E-state index is -3.69. The molecule has 0 saturated carbocycles. The second kappa shape index (κ2) is 9.63. The van der Waals surface area contributed by atoms with Crippen molar-refractivity contribution < 1.29 is 26.4 Å². The molecule has 4 rings (SSSR count). The number of aromatic nitrogens is 1. The number of hydrogen-bond acceptors (Lipinski definition) is 6. The fourth-order valence-electron chi connectivity index (χ4n) is 4.29. The normalized spacial score (nSPS) is 22.8. The monoisotopic (exact) mass is 489 g/mol. The Morgan fingerprint density at radius 1 is 1.24 bits per heavy atom. The molecule has 1 aromatic heterocycles. The summed E-state index contributed by atoms with van der Waals surface area (Å²) in [6.07, 6.45) is 2.05. The average Bonchev–Trinajstić information content (AvgIpc) is 3.34. The van der Waals surface area contributed by atoms with Crippen molar-refractivity contribution in [2.24, 2.45) is 0 Å². The summed E-state index contributed by atoms with van der Waals surface area (Å²) in [6.45, 7) is 3.49. The third kappa shape index (κ3) is 4.74. The molecule has 34 heavy (non-hydrogen) atoms. The van der Waals surface area contributed by atoms with E-state index in [9.17, 15) is 17.6 Å². The largest absolute Gasteiger partial charge is 0.451 e. The summed E-state index contributed by atoms with van der Waals surface area (Å²) in [5.74, 6) is -2.06. The van der Waals surface area contributed by atoms with Crippen molar-refractivity contribution in [2.75, 3.05) is 6.54 Å². The third-order valence-corrected chi connectivity index (χ3v) is 8.89. The van der Waals surface area contributed by atoms with Crippen molar-refractivity contribution in [1.82, 2.24) is 15.6 Å². The van der Waals surface area contributed by atoms with Gasteiger partial charge in [-0.05, 0) is 43.5 Å². The summed E-state index contributed by atoms with van der Waals surface area (Å²) in [5, 5.41) is 4.03. The number of hydrogen-bond donors (Lipinski definition) is 2. The van der Waals surface area contributed by atoms with Crippen LogP contribution in [0.4, 0.5) is 8.78 Å². The fourth-order valence-corrected chi connectivity index (χ4v) is 6.65. The molecule has 2 aromatic carbocycles. The van der Waals surface area contributed by atoms with Gasteiger partial charge in [0.1, 0.15) is 17.9 Å². The smallest absolute Gasteiger partial charge is 0.273 e. The van der Waals surface area contributed by atoms with Gasteiger partial charge in [-0.2, -0.15) is 0 Å². The maximum atomic E-state index is 15.0. The number of carbonyl (C=O) groups excluding carboxylic acids is 1. The number of nitrogens with one attached hydrogen (secondary N) is 2. The predicted octanol–water partition coefficient (Wildman–Crippen LogP) is 3.50. The lowest BCUT2D eigenvalue weighted by molar-refractivity contribution is 0.0934. The first-order valence-electron chi connectivity index (χ1n) is 10.9. The highest BCUT2D eigenvalue weighted by atomic mass is 32.2. The molecule has 1 aliphatic rings. The third-order valence-electron chi connectivity index (χ3n) is 6.24. The van der Waals surface area contributed by atoms with Crippen LogP contribution in [0, 0.1) is 11.6 Å². The van der Waals surface area contributed by atoms with Crippen LogP contribution < -0.4 is 10.6 Å². The lowest BCUT2D eigenvalue weighted by Crippen LogP contribution is -2.53. The van der Waals surface area contributed by atoms with E-state index in [1.54, 1.807) is 37.3 Å². The number of rotatable bonds is 6. The lowest BCUT2D eigenvalue weighted by atomic mass is 9.99. The van der Waals surface area contributed by atoms with Gasteiger partial charge in [-0.1, -0.05) is 30.3 Å². The summed E-state index contributed by atoms with van der Waals surface area (Å²) < 4.78 is 61.6. The summed E-state index contributed by atoms with van der Waals surface area (Å²) in [6, 6.07) is 9.57. The number of oxazole rings is 1. The summed E-state index contributed by atoms with van der Waals surface area (Å²) >= 11 is 0. The van der Waals surface area contributed by atoms with Crippen molar-refractivity contribution in [3.8, 4) is 0 Å². The van der Waals surface area contributed by atoms with Crippen molar-refractivity contribution in [3.63, 3.8) is 0 Å². The molecular formula is C24H25F2N3O4S. The molecule has 2 unspecified atom stereocenters. The van der Waals surface area contributed by atoms with Crippen LogP contribution in [0.25, 0.3) is 0 Å². The molecule has 0 spiro atoms. The molecule has 1 amide bonds. The van der Waals surface area contributed by atoms with E-state index in [0.29, 0.717) is 5.56 Å². The van der Waals surface area contributed by atoms with E-state index in [-0.39, 0.29) is 29.8 Å². The molecule has 3 aromatic rings. The van der Waals surface area contributed by atoms with E-state index in [1.807, 2.05) is 0 Å². The lowest BCUT2D eigenvalue weighted by Gasteiger charge is -2.35. The minimum Gasteiger partial charge on any atom is -0.451 e. The SMILES string of the molecule is CC(NC(=O)c1cocn1)c1cc(F)c(CC2[C@H](C)NC[C@@H](c3ccccc3)S2(=O)=O)cc1F. The number of sulfone groups is 1. The standard InChI is InChI=1S/C24H25F2N3O4S/c1-14(29-24(30)21-12-33-13-28-21)18-10-19(25)17(8-20(18)26)9-22-15(2)27-11-23(34(22,31)32)16-6-4-3-5-7-16/h3-8,10,12-15,22-23,27H,9,11H2,1-2H3,(H,29,30)/t14?,15-,22?,23-/m0/s1. The highest BCUT2D eigenvalue weighted by Crippen LogP contribution is 2.33. The van der Waals surface area contributed by atoms with Gasteiger partial charge >= 0.3 is 0 Å². The highest BCUT2D eigenvalue weighted by Gasteiger charge is 2.42. The average molecular weight is 490 g/mol. The van der Waals surface area contributed by atoms with Gasteiger partial charge in [0.25, 0.3) is 5.91 Å². The van der Waals surface area contributed by atoms with Crippen molar-refractivity contribution in [1.29, 1.82) is 0 Å². The molecule has 7 nitrogen and oxygen atoms in total. The molecular weight excluding hydrogens is 464 g/mol. The zero-order valence-corrected chi connectivity index (χ0v) is 19.5. The van der Waals surface area contributed by atoms with Gasteiger partial charge in [0.2, 0.25) is 0 Å². The summed E-state index contributed by atoms with van der Waals surface area (Å²) in [5.41, 5.74) is 0.581. The molecule has 0 bridgehead atoms. The number of benzene rings is 2.